The first-order chi connectivity index (χ1) is 10.3. The smallest absolute Gasteiger partial charge is 0.191 e. The van der Waals surface area contributed by atoms with E-state index in [0.29, 0.717) is 12.0 Å². The Hall–Kier alpha value is -1.08. The van der Waals surface area contributed by atoms with Crippen LogP contribution in [-0.2, 0) is 5.75 Å². The van der Waals surface area contributed by atoms with Gasteiger partial charge in [0.05, 0.1) is 0 Å². The molecule has 2 heterocycles. The van der Waals surface area contributed by atoms with E-state index in [9.17, 15) is 0 Å². The van der Waals surface area contributed by atoms with Crippen LogP contribution < -0.4 is 5.32 Å². The van der Waals surface area contributed by atoms with E-state index in [4.69, 9.17) is 0 Å². The van der Waals surface area contributed by atoms with Gasteiger partial charge < -0.3 is 9.88 Å². The SMILES string of the molecule is CCNc1ncc(CSc2nnc(C3CC3)n2C2CC2)s1. The highest BCUT2D eigenvalue weighted by molar-refractivity contribution is 7.98. The summed E-state index contributed by atoms with van der Waals surface area (Å²) in [5.41, 5.74) is 0. The fraction of sp³-hybridized carbons (Fsp3) is 0.643. The van der Waals surface area contributed by atoms with Crippen molar-refractivity contribution >= 4 is 28.2 Å². The molecule has 21 heavy (non-hydrogen) atoms. The number of thioether (sulfide) groups is 1. The zero-order valence-electron chi connectivity index (χ0n) is 12.1. The normalized spacial score (nSPS) is 18.1. The lowest BCUT2D eigenvalue weighted by atomic mass is 10.4. The van der Waals surface area contributed by atoms with Crippen LogP contribution in [0.2, 0.25) is 0 Å². The highest BCUT2D eigenvalue weighted by Gasteiger charge is 2.36. The van der Waals surface area contributed by atoms with E-state index in [2.05, 4.69) is 32.0 Å². The topological polar surface area (TPSA) is 55.6 Å². The van der Waals surface area contributed by atoms with Crippen LogP contribution in [0.15, 0.2) is 11.4 Å². The molecule has 0 aliphatic heterocycles. The van der Waals surface area contributed by atoms with Gasteiger partial charge in [0.25, 0.3) is 0 Å². The molecule has 2 aliphatic carbocycles. The van der Waals surface area contributed by atoms with Gasteiger partial charge in [-0.1, -0.05) is 11.8 Å². The van der Waals surface area contributed by atoms with Crippen LogP contribution in [0, 0.1) is 0 Å². The van der Waals surface area contributed by atoms with Crippen LogP contribution in [-0.4, -0.2) is 26.3 Å². The number of rotatable bonds is 7. The minimum atomic E-state index is 0.664. The second-order valence-corrected chi connectivity index (χ2v) is 7.72. The average Bonchev–Trinajstić information content (AvgIpc) is 3.41. The highest BCUT2D eigenvalue weighted by atomic mass is 32.2. The van der Waals surface area contributed by atoms with Crippen LogP contribution in [0.5, 0.6) is 0 Å². The predicted molar refractivity (Wildman–Crippen MR) is 86.1 cm³/mol. The van der Waals surface area contributed by atoms with E-state index in [-0.39, 0.29) is 0 Å². The molecule has 0 amide bonds. The van der Waals surface area contributed by atoms with Gasteiger partial charge in [0.1, 0.15) is 5.82 Å². The zero-order valence-corrected chi connectivity index (χ0v) is 13.7. The van der Waals surface area contributed by atoms with Crippen molar-refractivity contribution in [3.63, 3.8) is 0 Å². The molecule has 2 aromatic heterocycles. The largest absolute Gasteiger partial charge is 0.362 e. The predicted octanol–water partition coefficient (Wildman–Crippen LogP) is 3.67. The Kier molecular flexibility index (Phi) is 3.62. The van der Waals surface area contributed by atoms with E-state index in [1.165, 1.54) is 36.4 Å². The van der Waals surface area contributed by atoms with Gasteiger partial charge in [-0.2, -0.15) is 0 Å². The maximum Gasteiger partial charge on any atom is 0.191 e. The number of aromatic nitrogens is 4. The number of hydrogen-bond donors (Lipinski definition) is 1. The quantitative estimate of drug-likeness (QED) is 0.789. The van der Waals surface area contributed by atoms with Crippen molar-refractivity contribution in [1.82, 2.24) is 19.7 Å². The Morgan fingerprint density at radius 3 is 2.90 bits per heavy atom. The molecule has 0 aromatic carbocycles. The third-order valence-corrected chi connectivity index (χ3v) is 5.90. The summed E-state index contributed by atoms with van der Waals surface area (Å²) in [6, 6.07) is 0.664. The molecule has 0 unspecified atom stereocenters. The molecule has 0 radical (unpaired) electrons. The van der Waals surface area contributed by atoms with Gasteiger partial charge in [-0.05, 0) is 32.6 Å². The molecule has 0 spiro atoms. The Bertz CT molecular complexity index is 627. The van der Waals surface area contributed by atoms with Crippen molar-refractivity contribution in [1.29, 1.82) is 0 Å². The average molecular weight is 321 g/mol. The van der Waals surface area contributed by atoms with Crippen molar-refractivity contribution in [2.75, 3.05) is 11.9 Å². The standard InChI is InChI=1S/C14H19N5S2/c1-2-15-13-16-7-11(21-13)8-20-14-18-17-12(9-3-4-9)19(14)10-5-6-10/h7,9-10H,2-6,8H2,1H3,(H,15,16). The van der Waals surface area contributed by atoms with Gasteiger partial charge in [0.15, 0.2) is 10.3 Å². The summed E-state index contributed by atoms with van der Waals surface area (Å²) in [4.78, 5) is 5.67. The first-order valence-electron chi connectivity index (χ1n) is 7.61. The lowest BCUT2D eigenvalue weighted by molar-refractivity contribution is 0.627. The number of nitrogens with zero attached hydrogens (tertiary/aromatic N) is 4. The van der Waals surface area contributed by atoms with Gasteiger partial charge in [-0.3, -0.25) is 0 Å². The summed E-state index contributed by atoms with van der Waals surface area (Å²) in [7, 11) is 0. The molecule has 2 saturated carbocycles. The second kappa shape index (κ2) is 5.61. The molecule has 112 valence electrons. The van der Waals surface area contributed by atoms with E-state index < -0.39 is 0 Å². The molecule has 2 fully saturated rings. The Morgan fingerprint density at radius 1 is 1.33 bits per heavy atom. The summed E-state index contributed by atoms with van der Waals surface area (Å²) in [6.45, 7) is 3.01. The fourth-order valence-corrected chi connectivity index (χ4v) is 4.34. The van der Waals surface area contributed by atoms with E-state index in [1.54, 1.807) is 23.1 Å². The molecule has 0 bridgehead atoms. The minimum Gasteiger partial charge on any atom is -0.362 e. The van der Waals surface area contributed by atoms with E-state index >= 15 is 0 Å². The van der Waals surface area contributed by atoms with Crippen LogP contribution in [0.3, 0.4) is 0 Å². The van der Waals surface area contributed by atoms with Gasteiger partial charge in [0, 0.05) is 35.3 Å². The molecule has 0 saturated heterocycles. The van der Waals surface area contributed by atoms with Crippen LogP contribution in [0.25, 0.3) is 0 Å². The lowest BCUT2D eigenvalue weighted by Crippen LogP contribution is -2.01. The summed E-state index contributed by atoms with van der Waals surface area (Å²) in [5.74, 6) is 2.84. The maximum absolute atomic E-state index is 4.45. The highest BCUT2D eigenvalue weighted by Crippen LogP contribution is 2.46. The Labute approximate surface area is 132 Å². The van der Waals surface area contributed by atoms with Gasteiger partial charge >= 0.3 is 0 Å². The van der Waals surface area contributed by atoms with Crippen molar-refractivity contribution in [2.45, 2.75) is 55.5 Å². The molecular weight excluding hydrogens is 302 g/mol. The van der Waals surface area contributed by atoms with Crippen molar-refractivity contribution in [3.05, 3.63) is 16.9 Å². The summed E-state index contributed by atoms with van der Waals surface area (Å²) < 4.78 is 2.41. The number of anilines is 1. The van der Waals surface area contributed by atoms with E-state index in [0.717, 1.165) is 22.6 Å². The van der Waals surface area contributed by atoms with E-state index in [1.807, 2.05) is 6.20 Å². The molecular formula is C14H19N5S2. The fourth-order valence-electron chi connectivity index (χ4n) is 2.43. The molecule has 2 aliphatic rings. The van der Waals surface area contributed by atoms with Crippen molar-refractivity contribution in [3.8, 4) is 0 Å². The van der Waals surface area contributed by atoms with Crippen molar-refractivity contribution in [2.24, 2.45) is 0 Å². The lowest BCUT2D eigenvalue weighted by Gasteiger charge is -2.07. The first kappa shape index (κ1) is 13.6. The molecule has 5 nitrogen and oxygen atoms in total. The van der Waals surface area contributed by atoms with Crippen LogP contribution in [0.4, 0.5) is 5.13 Å². The summed E-state index contributed by atoms with van der Waals surface area (Å²) in [5, 5.41) is 14.3. The van der Waals surface area contributed by atoms with Gasteiger partial charge in [-0.25, -0.2) is 4.98 Å². The number of nitrogens with one attached hydrogen (secondary N) is 1. The third kappa shape index (κ3) is 2.94. The summed E-state index contributed by atoms with van der Waals surface area (Å²) in [6.07, 6.45) is 7.12. The zero-order chi connectivity index (χ0) is 14.2. The summed E-state index contributed by atoms with van der Waals surface area (Å²) >= 11 is 3.53. The van der Waals surface area contributed by atoms with Crippen molar-refractivity contribution < 1.29 is 0 Å². The Balaban J connectivity index is 1.46. The minimum absolute atomic E-state index is 0.664. The molecule has 7 heteroatoms. The Morgan fingerprint density at radius 2 is 2.19 bits per heavy atom. The molecule has 0 atom stereocenters. The number of hydrogen-bond acceptors (Lipinski definition) is 6. The molecule has 1 N–H and O–H groups in total. The second-order valence-electron chi connectivity index (χ2n) is 5.67. The van der Waals surface area contributed by atoms with Gasteiger partial charge in [0.2, 0.25) is 0 Å². The number of thiazole rings is 1. The first-order valence-corrected chi connectivity index (χ1v) is 9.41. The van der Waals surface area contributed by atoms with Crippen LogP contribution in [0.1, 0.15) is 55.3 Å². The van der Waals surface area contributed by atoms with Crippen LogP contribution >= 0.6 is 23.1 Å². The maximum atomic E-state index is 4.45. The van der Waals surface area contributed by atoms with Gasteiger partial charge in [-0.15, -0.1) is 21.5 Å². The monoisotopic (exact) mass is 321 g/mol. The molecule has 2 aromatic rings. The molecule has 4 rings (SSSR count). The third-order valence-electron chi connectivity index (χ3n) is 3.77.